The Morgan fingerprint density at radius 1 is 1.17 bits per heavy atom. The molecule has 29 heavy (non-hydrogen) atoms. The quantitative estimate of drug-likeness (QED) is 0.519. The lowest BCUT2D eigenvalue weighted by Gasteiger charge is -2.21. The highest BCUT2D eigenvalue weighted by Crippen LogP contribution is 2.29. The number of ether oxygens (including phenoxy) is 1. The predicted octanol–water partition coefficient (Wildman–Crippen LogP) is 4.53. The van der Waals surface area contributed by atoms with Crippen LogP contribution in [-0.4, -0.2) is 49.6 Å². The summed E-state index contributed by atoms with van der Waals surface area (Å²) in [5.41, 5.74) is 1.76. The van der Waals surface area contributed by atoms with Crippen LogP contribution in [0.4, 0.5) is 9.52 Å². The SMILES string of the molecule is Cc1cccc(OCC(=O)N(CCCN(C)C)c2nc3ccc(F)cc3s2)c1.Cl. The van der Waals surface area contributed by atoms with Gasteiger partial charge in [-0.2, -0.15) is 0 Å². The van der Waals surface area contributed by atoms with E-state index < -0.39 is 0 Å². The zero-order valence-corrected chi connectivity index (χ0v) is 18.4. The minimum absolute atomic E-state index is 0. The van der Waals surface area contributed by atoms with Crippen molar-refractivity contribution >= 4 is 45.0 Å². The molecule has 0 aliphatic rings. The van der Waals surface area contributed by atoms with Gasteiger partial charge in [0.2, 0.25) is 0 Å². The Balaban J connectivity index is 0.00000300. The van der Waals surface area contributed by atoms with Crippen LogP contribution in [0.15, 0.2) is 42.5 Å². The largest absolute Gasteiger partial charge is 0.484 e. The smallest absolute Gasteiger partial charge is 0.266 e. The molecule has 5 nitrogen and oxygen atoms in total. The van der Waals surface area contributed by atoms with Gasteiger partial charge in [0.15, 0.2) is 11.7 Å². The van der Waals surface area contributed by atoms with E-state index in [4.69, 9.17) is 4.74 Å². The highest BCUT2D eigenvalue weighted by Gasteiger charge is 2.20. The molecule has 0 saturated heterocycles. The molecule has 0 aliphatic heterocycles. The fraction of sp³-hybridized carbons (Fsp3) is 0.333. The van der Waals surface area contributed by atoms with Gasteiger partial charge in [-0.05, 0) is 69.9 Å². The Kier molecular flexibility index (Phi) is 8.37. The van der Waals surface area contributed by atoms with Crippen LogP contribution < -0.4 is 9.64 Å². The molecule has 1 heterocycles. The number of rotatable bonds is 8. The fourth-order valence-corrected chi connectivity index (χ4v) is 3.84. The third-order valence-electron chi connectivity index (χ3n) is 4.21. The topological polar surface area (TPSA) is 45.7 Å². The number of aryl methyl sites for hydroxylation is 1. The fourth-order valence-electron chi connectivity index (χ4n) is 2.80. The molecule has 2 aromatic carbocycles. The van der Waals surface area contributed by atoms with E-state index in [9.17, 15) is 9.18 Å². The normalized spacial score (nSPS) is 10.8. The minimum atomic E-state index is -0.309. The summed E-state index contributed by atoms with van der Waals surface area (Å²) in [6.07, 6.45) is 0.799. The van der Waals surface area contributed by atoms with Crippen molar-refractivity contribution in [3.05, 3.63) is 53.8 Å². The number of aromatic nitrogens is 1. The molecular weight excluding hydrogens is 413 g/mol. The molecule has 3 rings (SSSR count). The molecule has 0 saturated carbocycles. The van der Waals surface area contributed by atoms with E-state index in [1.807, 2.05) is 45.3 Å². The Labute approximate surface area is 180 Å². The molecule has 8 heteroatoms. The number of carbonyl (C=O) groups is 1. The van der Waals surface area contributed by atoms with E-state index in [0.29, 0.717) is 22.9 Å². The predicted molar refractivity (Wildman–Crippen MR) is 119 cm³/mol. The molecule has 1 aromatic heterocycles. The van der Waals surface area contributed by atoms with Crippen molar-refractivity contribution in [3.8, 4) is 5.75 Å². The first-order chi connectivity index (χ1) is 13.4. The number of carbonyl (C=O) groups excluding carboxylic acids is 1. The highest BCUT2D eigenvalue weighted by molar-refractivity contribution is 7.22. The second-order valence-electron chi connectivity index (χ2n) is 6.92. The first-order valence-electron chi connectivity index (χ1n) is 9.13. The molecule has 156 valence electrons. The summed E-state index contributed by atoms with van der Waals surface area (Å²) in [4.78, 5) is 21.1. The van der Waals surface area contributed by atoms with E-state index in [1.54, 1.807) is 11.0 Å². The molecule has 0 radical (unpaired) electrons. The molecule has 0 atom stereocenters. The standard InChI is InChI=1S/C21H24FN3O2S.ClH/c1-15-6-4-7-17(12-15)27-14-20(26)25(11-5-10-24(2)3)21-23-18-9-8-16(22)13-19(18)28-21;/h4,6-9,12-13H,5,10-11,14H2,1-3H3;1H. The van der Waals surface area contributed by atoms with Gasteiger partial charge in [-0.25, -0.2) is 9.37 Å². The van der Waals surface area contributed by atoms with Crippen molar-refractivity contribution in [2.45, 2.75) is 13.3 Å². The number of hydrogen-bond acceptors (Lipinski definition) is 5. The van der Waals surface area contributed by atoms with Gasteiger partial charge >= 0.3 is 0 Å². The number of nitrogens with zero attached hydrogens (tertiary/aromatic N) is 3. The number of anilines is 1. The second-order valence-corrected chi connectivity index (χ2v) is 7.92. The summed E-state index contributed by atoms with van der Waals surface area (Å²) in [6.45, 7) is 3.27. The maximum Gasteiger partial charge on any atom is 0.266 e. The summed E-state index contributed by atoms with van der Waals surface area (Å²) in [6, 6.07) is 12.1. The van der Waals surface area contributed by atoms with Crippen LogP contribution in [0.1, 0.15) is 12.0 Å². The molecular formula is C21H25ClFN3O2S. The van der Waals surface area contributed by atoms with E-state index >= 15 is 0 Å². The van der Waals surface area contributed by atoms with Crippen molar-refractivity contribution in [1.29, 1.82) is 0 Å². The number of halogens is 2. The van der Waals surface area contributed by atoms with Crippen LogP contribution in [0.2, 0.25) is 0 Å². The monoisotopic (exact) mass is 437 g/mol. The third-order valence-corrected chi connectivity index (χ3v) is 5.25. The average molecular weight is 438 g/mol. The molecule has 1 amide bonds. The number of amides is 1. The van der Waals surface area contributed by atoms with Crippen LogP contribution in [0, 0.1) is 12.7 Å². The van der Waals surface area contributed by atoms with E-state index in [-0.39, 0.29) is 30.7 Å². The van der Waals surface area contributed by atoms with Gasteiger partial charge in [0, 0.05) is 6.54 Å². The average Bonchev–Trinajstić information content (AvgIpc) is 3.05. The number of fused-ring (bicyclic) bond motifs is 1. The molecule has 0 N–H and O–H groups in total. The molecule has 0 unspecified atom stereocenters. The molecule has 0 aliphatic carbocycles. The van der Waals surface area contributed by atoms with Crippen LogP contribution in [0.25, 0.3) is 10.2 Å². The van der Waals surface area contributed by atoms with Gasteiger partial charge in [0.05, 0.1) is 10.2 Å². The Morgan fingerprint density at radius 3 is 2.69 bits per heavy atom. The second kappa shape index (κ2) is 10.5. The Bertz CT molecular complexity index is 964. The summed E-state index contributed by atoms with van der Waals surface area (Å²) >= 11 is 1.32. The van der Waals surface area contributed by atoms with Crippen LogP contribution in [0.5, 0.6) is 5.75 Å². The molecule has 3 aromatic rings. The van der Waals surface area contributed by atoms with Gasteiger partial charge in [0.1, 0.15) is 11.6 Å². The van der Waals surface area contributed by atoms with E-state index in [0.717, 1.165) is 23.2 Å². The highest BCUT2D eigenvalue weighted by atomic mass is 35.5. The maximum absolute atomic E-state index is 13.5. The number of hydrogen-bond donors (Lipinski definition) is 0. The molecule has 0 bridgehead atoms. The summed E-state index contributed by atoms with van der Waals surface area (Å²) in [7, 11) is 3.99. The van der Waals surface area contributed by atoms with Gasteiger partial charge in [-0.3, -0.25) is 9.69 Å². The van der Waals surface area contributed by atoms with Crippen LogP contribution in [0.3, 0.4) is 0 Å². The Hall–Kier alpha value is -2.22. The van der Waals surface area contributed by atoms with E-state index in [1.165, 1.54) is 23.5 Å². The molecule has 0 spiro atoms. The lowest BCUT2D eigenvalue weighted by Crippen LogP contribution is -2.36. The van der Waals surface area contributed by atoms with Crippen molar-refractivity contribution in [2.24, 2.45) is 0 Å². The number of thiazole rings is 1. The van der Waals surface area contributed by atoms with Crippen LogP contribution >= 0.6 is 23.7 Å². The number of benzene rings is 2. The van der Waals surface area contributed by atoms with Crippen molar-refractivity contribution in [1.82, 2.24) is 9.88 Å². The zero-order chi connectivity index (χ0) is 20.1. The van der Waals surface area contributed by atoms with Crippen LogP contribution in [-0.2, 0) is 4.79 Å². The van der Waals surface area contributed by atoms with Gasteiger partial charge in [-0.15, -0.1) is 12.4 Å². The summed E-state index contributed by atoms with van der Waals surface area (Å²) in [5.74, 6) is 0.184. The van der Waals surface area contributed by atoms with E-state index in [2.05, 4.69) is 9.88 Å². The van der Waals surface area contributed by atoms with Gasteiger partial charge in [-0.1, -0.05) is 23.5 Å². The molecule has 0 fully saturated rings. The van der Waals surface area contributed by atoms with Crippen molar-refractivity contribution < 1.29 is 13.9 Å². The lowest BCUT2D eigenvalue weighted by molar-refractivity contribution is -0.120. The van der Waals surface area contributed by atoms with Crippen molar-refractivity contribution in [3.63, 3.8) is 0 Å². The lowest BCUT2D eigenvalue weighted by atomic mass is 10.2. The van der Waals surface area contributed by atoms with Crippen molar-refractivity contribution in [2.75, 3.05) is 38.7 Å². The first-order valence-corrected chi connectivity index (χ1v) is 9.94. The Morgan fingerprint density at radius 2 is 1.97 bits per heavy atom. The third kappa shape index (κ3) is 6.39. The summed E-state index contributed by atoms with van der Waals surface area (Å²) < 4.78 is 19.9. The zero-order valence-electron chi connectivity index (χ0n) is 16.7. The maximum atomic E-state index is 13.5. The van der Waals surface area contributed by atoms with Gasteiger partial charge < -0.3 is 9.64 Å². The summed E-state index contributed by atoms with van der Waals surface area (Å²) in [5, 5.41) is 0.567. The first kappa shape index (κ1) is 23.1. The van der Waals surface area contributed by atoms with Gasteiger partial charge in [0.25, 0.3) is 5.91 Å². The minimum Gasteiger partial charge on any atom is -0.484 e.